The molecule has 34 heavy (non-hydrogen) atoms. The zero-order valence-electron chi connectivity index (χ0n) is 19.2. The number of fused-ring (bicyclic) bond motifs is 1. The third kappa shape index (κ3) is 5.83. The number of halogens is 1. The van der Waals surface area contributed by atoms with Crippen LogP contribution >= 0.6 is 11.6 Å². The number of aliphatic carboxylic acids is 1. The number of nitrogens with one attached hydrogen (secondary N) is 1. The monoisotopic (exact) mass is 483 g/mol. The molecule has 0 radical (unpaired) electrons. The second kappa shape index (κ2) is 11.1. The largest absolute Gasteiger partial charge is 0.477 e. The van der Waals surface area contributed by atoms with Crippen LogP contribution in [0.25, 0.3) is 0 Å². The molecule has 2 N–H and O–H groups in total. The summed E-state index contributed by atoms with van der Waals surface area (Å²) in [7, 11) is 0. The highest BCUT2D eigenvalue weighted by Crippen LogP contribution is 2.51. The van der Waals surface area contributed by atoms with Gasteiger partial charge in [0.1, 0.15) is 11.5 Å². The van der Waals surface area contributed by atoms with E-state index >= 15 is 0 Å². The first-order valence-electron chi connectivity index (χ1n) is 11.9. The molecule has 7 nitrogen and oxygen atoms in total. The summed E-state index contributed by atoms with van der Waals surface area (Å²) in [5.41, 5.74) is 2.11. The summed E-state index contributed by atoms with van der Waals surface area (Å²) in [4.78, 5) is 33.1. The normalized spacial score (nSPS) is 16.4. The second-order valence-electron chi connectivity index (χ2n) is 8.89. The number of carbonyl (C=O) groups excluding carboxylic acids is 1. The van der Waals surface area contributed by atoms with E-state index in [-0.39, 0.29) is 18.7 Å². The zero-order valence-corrected chi connectivity index (χ0v) is 19.9. The number of aliphatic imine (C=N–C) groups is 1. The van der Waals surface area contributed by atoms with E-state index in [2.05, 4.69) is 22.4 Å². The molecular weight excluding hydrogens is 454 g/mol. The number of carboxylic acids is 1. The Hall–Kier alpha value is -2.77. The number of rotatable bonds is 11. The molecule has 0 unspecified atom stereocenters. The van der Waals surface area contributed by atoms with Crippen molar-refractivity contribution in [3.05, 3.63) is 58.2 Å². The molecule has 0 spiro atoms. The van der Waals surface area contributed by atoms with Gasteiger partial charge in [-0.3, -0.25) is 4.79 Å². The van der Waals surface area contributed by atoms with E-state index in [0.29, 0.717) is 24.5 Å². The second-order valence-corrected chi connectivity index (χ2v) is 9.30. The third-order valence-electron chi connectivity index (χ3n) is 6.44. The summed E-state index contributed by atoms with van der Waals surface area (Å²) >= 11 is 6.26. The lowest BCUT2D eigenvalue weighted by molar-refractivity contribution is -0.130. The number of unbranched alkanes of at least 4 members (excludes halogenated alkanes) is 1. The molecule has 0 atom stereocenters. The zero-order chi connectivity index (χ0) is 24.0. The van der Waals surface area contributed by atoms with E-state index < -0.39 is 17.3 Å². The number of aryl methyl sites for hydroxylation is 2. The first kappa shape index (κ1) is 24.4. The van der Waals surface area contributed by atoms with Crippen LogP contribution < -0.4 is 5.32 Å². The minimum Gasteiger partial charge on any atom is -0.477 e. The lowest BCUT2D eigenvalue weighted by Crippen LogP contribution is -2.24. The van der Waals surface area contributed by atoms with Gasteiger partial charge in [0, 0.05) is 30.3 Å². The smallest absolute Gasteiger partial charge is 0.350 e. The van der Waals surface area contributed by atoms with Gasteiger partial charge in [-0.2, -0.15) is 0 Å². The van der Waals surface area contributed by atoms with Gasteiger partial charge in [-0.05, 0) is 68.2 Å². The molecule has 0 saturated heterocycles. The third-order valence-corrected chi connectivity index (χ3v) is 6.77. The highest BCUT2D eigenvalue weighted by Gasteiger charge is 2.52. The molecule has 1 amide bonds. The molecule has 1 saturated carbocycles. The van der Waals surface area contributed by atoms with E-state index in [1.54, 1.807) is 12.1 Å². The molecule has 2 aliphatic rings. The number of benzene rings is 1. The standard InChI is InChI=1S/C26H30ClN3O4/c27-21-9-2-1-8-20(21)26(13-14-26)25(33)30-22(24(31)32)12-17-34-16-4-3-7-19-11-10-18-6-5-15-28-23(18)29-19/h1-2,8-11H,3-7,12-17H2,(H,28,29)(H,31,32)/b30-22+. The van der Waals surface area contributed by atoms with Crippen molar-refractivity contribution in [1.82, 2.24) is 4.98 Å². The molecule has 1 aromatic carbocycles. The van der Waals surface area contributed by atoms with Crippen molar-refractivity contribution in [2.45, 2.75) is 56.8 Å². The average molecular weight is 484 g/mol. The van der Waals surface area contributed by atoms with Gasteiger partial charge < -0.3 is 15.2 Å². The van der Waals surface area contributed by atoms with Crippen LogP contribution in [-0.2, 0) is 32.6 Å². The molecule has 0 bridgehead atoms. The van der Waals surface area contributed by atoms with Gasteiger partial charge in [-0.15, -0.1) is 0 Å². The Balaban J connectivity index is 1.21. The molecule has 4 rings (SSSR count). The number of ether oxygens (including phenoxy) is 1. The van der Waals surface area contributed by atoms with Crippen molar-refractivity contribution >= 4 is 35.0 Å². The highest BCUT2D eigenvalue weighted by atomic mass is 35.5. The van der Waals surface area contributed by atoms with Crippen LogP contribution in [0, 0.1) is 0 Å². The topological polar surface area (TPSA) is 101 Å². The Bertz CT molecular complexity index is 1080. The number of aromatic nitrogens is 1. The van der Waals surface area contributed by atoms with Crippen molar-refractivity contribution in [1.29, 1.82) is 0 Å². The maximum absolute atomic E-state index is 12.8. The number of hydrogen-bond acceptors (Lipinski definition) is 5. The Morgan fingerprint density at radius 3 is 2.74 bits per heavy atom. The van der Waals surface area contributed by atoms with E-state index in [1.807, 2.05) is 12.1 Å². The molecule has 1 fully saturated rings. The number of pyridine rings is 1. The number of carboxylic acid groups (broad SMARTS) is 1. The molecular formula is C26H30ClN3O4. The molecule has 8 heteroatoms. The summed E-state index contributed by atoms with van der Waals surface area (Å²) < 4.78 is 5.62. The number of hydrogen-bond donors (Lipinski definition) is 2. The summed E-state index contributed by atoms with van der Waals surface area (Å²) in [6.45, 7) is 1.71. The first-order chi connectivity index (χ1) is 16.5. The van der Waals surface area contributed by atoms with Crippen LogP contribution in [0.15, 0.2) is 41.4 Å². The van der Waals surface area contributed by atoms with Crippen molar-refractivity contribution in [3.8, 4) is 0 Å². The number of amides is 1. The van der Waals surface area contributed by atoms with Gasteiger partial charge in [0.05, 0.1) is 12.0 Å². The first-order valence-corrected chi connectivity index (χ1v) is 12.3. The predicted octanol–water partition coefficient (Wildman–Crippen LogP) is 4.61. The predicted molar refractivity (Wildman–Crippen MR) is 132 cm³/mol. The van der Waals surface area contributed by atoms with Gasteiger partial charge >= 0.3 is 5.97 Å². The fraction of sp³-hybridized carbons (Fsp3) is 0.462. The minimum absolute atomic E-state index is 0.0811. The van der Waals surface area contributed by atoms with Gasteiger partial charge in [0.2, 0.25) is 0 Å². The Labute approximate surface area is 204 Å². The minimum atomic E-state index is -1.20. The Morgan fingerprint density at radius 1 is 1.15 bits per heavy atom. The number of anilines is 1. The van der Waals surface area contributed by atoms with Gasteiger partial charge in [-0.1, -0.05) is 35.9 Å². The van der Waals surface area contributed by atoms with Crippen LogP contribution in [-0.4, -0.2) is 47.4 Å². The molecule has 2 aromatic rings. The molecule has 1 aromatic heterocycles. The Kier molecular flexibility index (Phi) is 7.95. The molecule has 1 aliphatic heterocycles. The van der Waals surface area contributed by atoms with Gasteiger partial charge in [-0.25, -0.2) is 14.8 Å². The molecule has 180 valence electrons. The van der Waals surface area contributed by atoms with Crippen molar-refractivity contribution < 1.29 is 19.4 Å². The van der Waals surface area contributed by atoms with E-state index in [9.17, 15) is 14.7 Å². The van der Waals surface area contributed by atoms with Gasteiger partial charge in [0.15, 0.2) is 0 Å². The van der Waals surface area contributed by atoms with Crippen molar-refractivity contribution in [3.63, 3.8) is 0 Å². The van der Waals surface area contributed by atoms with Crippen LogP contribution in [0.3, 0.4) is 0 Å². The maximum Gasteiger partial charge on any atom is 0.350 e. The summed E-state index contributed by atoms with van der Waals surface area (Å²) in [5.74, 6) is -0.624. The van der Waals surface area contributed by atoms with E-state index in [4.69, 9.17) is 21.3 Å². The average Bonchev–Trinajstić information content (AvgIpc) is 3.64. The SMILES string of the molecule is O=C(O)/C(CCOCCCCc1ccc2c(n1)NCCC2)=N/C(=O)C1(c2ccccc2Cl)CC1. The summed E-state index contributed by atoms with van der Waals surface area (Å²) in [6, 6.07) is 11.4. The van der Waals surface area contributed by atoms with Crippen LogP contribution in [0.2, 0.25) is 5.02 Å². The summed E-state index contributed by atoms with van der Waals surface area (Å²) in [6.07, 6.45) is 6.21. The highest BCUT2D eigenvalue weighted by molar-refractivity contribution is 6.37. The number of nitrogens with zero attached hydrogens (tertiary/aromatic N) is 2. The quantitative estimate of drug-likeness (QED) is 0.357. The lowest BCUT2D eigenvalue weighted by Gasteiger charge is -2.17. The molecule has 1 aliphatic carbocycles. The lowest BCUT2D eigenvalue weighted by atomic mass is 9.95. The van der Waals surface area contributed by atoms with Crippen LogP contribution in [0.4, 0.5) is 5.82 Å². The van der Waals surface area contributed by atoms with E-state index in [0.717, 1.165) is 55.7 Å². The fourth-order valence-electron chi connectivity index (χ4n) is 4.30. The fourth-order valence-corrected chi connectivity index (χ4v) is 4.62. The van der Waals surface area contributed by atoms with Gasteiger partial charge in [0.25, 0.3) is 5.91 Å². The van der Waals surface area contributed by atoms with Crippen LogP contribution in [0.1, 0.15) is 55.3 Å². The number of carbonyl (C=O) groups is 2. The Morgan fingerprint density at radius 2 is 1.97 bits per heavy atom. The van der Waals surface area contributed by atoms with Crippen molar-refractivity contribution in [2.75, 3.05) is 25.1 Å². The van der Waals surface area contributed by atoms with E-state index in [1.165, 1.54) is 5.56 Å². The molecule has 2 heterocycles. The van der Waals surface area contributed by atoms with Crippen LogP contribution in [0.5, 0.6) is 0 Å². The summed E-state index contributed by atoms with van der Waals surface area (Å²) in [5, 5.41) is 13.4. The van der Waals surface area contributed by atoms with Crippen molar-refractivity contribution in [2.24, 2.45) is 4.99 Å². The maximum atomic E-state index is 12.8.